The second kappa shape index (κ2) is 7.02. The Morgan fingerprint density at radius 2 is 2.00 bits per heavy atom. The number of amides is 1. The number of rotatable bonds is 3. The van der Waals surface area contributed by atoms with Crippen LogP contribution in [0.4, 0.5) is 5.82 Å². The summed E-state index contributed by atoms with van der Waals surface area (Å²) in [7, 11) is 4.24. The maximum absolute atomic E-state index is 13.1. The zero-order valence-electron chi connectivity index (χ0n) is 17.0. The van der Waals surface area contributed by atoms with E-state index >= 15 is 0 Å². The number of ether oxygens (including phenoxy) is 1. The van der Waals surface area contributed by atoms with E-state index in [0.29, 0.717) is 31.6 Å². The average Bonchev–Trinajstić information content (AvgIpc) is 3.12. The summed E-state index contributed by atoms with van der Waals surface area (Å²) in [5, 5.41) is 0. The molecule has 0 N–H and O–H groups in total. The van der Waals surface area contributed by atoms with Gasteiger partial charge >= 0.3 is 0 Å². The molecular weight excluding hydrogens is 342 g/mol. The van der Waals surface area contributed by atoms with E-state index in [1.165, 1.54) is 6.42 Å². The van der Waals surface area contributed by atoms with Crippen molar-refractivity contribution in [3.05, 3.63) is 17.1 Å². The molecule has 0 unspecified atom stereocenters. The van der Waals surface area contributed by atoms with Crippen LogP contribution in [-0.4, -0.2) is 84.2 Å². The highest BCUT2D eigenvalue weighted by atomic mass is 16.5. The summed E-state index contributed by atoms with van der Waals surface area (Å²) in [5.41, 5.74) is 1.86. The first-order valence-corrected chi connectivity index (χ1v) is 10.1. The number of hydrogen-bond acceptors (Lipinski definition) is 6. The van der Waals surface area contributed by atoms with E-state index in [9.17, 15) is 4.79 Å². The topological polar surface area (TPSA) is 61.8 Å². The first-order chi connectivity index (χ1) is 12.9. The van der Waals surface area contributed by atoms with Gasteiger partial charge < -0.3 is 19.4 Å². The number of aryl methyl sites for hydroxylation is 1. The SMILES string of the molecule is Cc1nc(C(=O)N2CCOC3(CCC3)C2)nc(N2CC[C@@H](N(C)C)C2)c1C. The van der Waals surface area contributed by atoms with Crippen LogP contribution in [0.1, 0.15) is 47.6 Å². The van der Waals surface area contributed by atoms with E-state index in [4.69, 9.17) is 9.72 Å². The fraction of sp³-hybridized carbons (Fsp3) is 0.750. The lowest BCUT2D eigenvalue weighted by atomic mass is 9.79. The number of anilines is 1. The van der Waals surface area contributed by atoms with Gasteiger partial charge in [0, 0.05) is 36.9 Å². The molecule has 0 radical (unpaired) electrons. The number of carbonyl (C=O) groups excluding carboxylic acids is 1. The van der Waals surface area contributed by atoms with Gasteiger partial charge in [0.25, 0.3) is 5.91 Å². The zero-order chi connectivity index (χ0) is 19.2. The van der Waals surface area contributed by atoms with Crippen LogP contribution in [0.15, 0.2) is 0 Å². The normalized spacial score (nSPS) is 24.6. The minimum atomic E-state index is -0.107. The first-order valence-electron chi connectivity index (χ1n) is 10.1. The van der Waals surface area contributed by atoms with Gasteiger partial charge in [-0.2, -0.15) is 0 Å². The van der Waals surface area contributed by atoms with Crippen molar-refractivity contribution in [1.29, 1.82) is 0 Å². The molecule has 1 atom stereocenters. The molecule has 27 heavy (non-hydrogen) atoms. The van der Waals surface area contributed by atoms with Crippen LogP contribution in [0.25, 0.3) is 0 Å². The summed E-state index contributed by atoms with van der Waals surface area (Å²) in [6.07, 6.45) is 4.41. The van der Waals surface area contributed by atoms with Gasteiger partial charge in [0.2, 0.25) is 5.82 Å². The predicted molar refractivity (Wildman–Crippen MR) is 104 cm³/mol. The molecule has 3 fully saturated rings. The molecule has 1 aromatic rings. The van der Waals surface area contributed by atoms with Crippen LogP contribution in [-0.2, 0) is 4.74 Å². The smallest absolute Gasteiger partial charge is 0.291 e. The Morgan fingerprint density at radius 1 is 1.22 bits per heavy atom. The van der Waals surface area contributed by atoms with Crippen molar-refractivity contribution in [3.63, 3.8) is 0 Å². The Balaban J connectivity index is 1.56. The molecule has 3 aliphatic rings. The summed E-state index contributed by atoms with van der Waals surface area (Å²) < 4.78 is 5.95. The van der Waals surface area contributed by atoms with E-state index in [2.05, 4.69) is 35.8 Å². The Kier molecular flexibility index (Phi) is 4.84. The maximum Gasteiger partial charge on any atom is 0.291 e. The second-order valence-corrected chi connectivity index (χ2v) is 8.55. The molecule has 1 saturated carbocycles. The average molecular weight is 374 g/mol. The van der Waals surface area contributed by atoms with Gasteiger partial charge in [0.05, 0.1) is 18.8 Å². The summed E-state index contributed by atoms with van der Waals surface area (Å²) in [4.78, 5) is 28.9. The Labute approximate surface area is 161 Å². The van der Waals surface area contributed by atoms with E-state index in [-0.39, 0.29) is 11.5 Å². The quantitative estimate of drug-likeness (QED) is 0.803. The van der Waals surface area contributed by atoms with E-state index in [1.807, 2.05) is 11.8 Å². The van der Waals surface area contributed by atoms with Crippen molar-refractivity contribution in [2.75, 3.05) is 51.8 Å². The van der Waals surface area contributed by atoms with Gasteiger partial charge in [0.15, 0.2) is 0 Å². The predicted octanol–water partition coefficient (Wildman–Crippen LogP) is 1.63. The molecular formula is C20H31N5O2. The number of carbonyl (C=O) groups is 1. The monoisotopic (exact) mass is 373 g/mol. The van der Waals surface area contributed by atoms with Crippen LogP contribution < -0.4 is 4.90 Å². The second-order valence-electron chi connectivity index (χ2n) is 8.55. The van der Waals surface area contributed by atoms with E-state index in [1.54, 1.807) is 0 Å². The maximum atomic E-state index is 13.1. The molecule has 7 nitrogen and oxygen atoms in total. The molecule has 0 aromatic carbocycles. The molecule has 7 heteroatoms. The molecule has 0 bridgehead atoms. The van der Waals surface area contributed by atoms with Crippen molar-refractivity contribution >= 4 is 11.7 Å². The minimum absolute atomic E-state index is 0.0581. The van der Waals surface area contributed by atoms with Gasteiger partial charge in [-0.3, -0.25) is 4.79 Å². The number of likely N-dealkylation sites (N-methyl/N-ethyl adjacent to an activating group) is 1. The van der Waals surface area contributed by atoms with E-state index < -0.39 is 0 Å². The summed E-state index contributed by atoms with van der Waals surface area (Å²) in [6.45, 7) is 7.85. The highest BCUT2D eigenvalue weighted by molar-refractivity contribution is 5.91. The van der Waals surface area contributed by atoms with Crippen molar-refractivity contribution < 1.29 is 9.53 Å². The number of morpholine rings is 1. The lowest BCUT2D eigenvalue weighted by molar-refractivity contribution is -0.142. The number of aromatic nitrogens is 2. The lowest BCUT2D eigenvalue weighted by Gasteiger charge is -2.48. The van der Waals surface area contributed by atoms with Crippen molar-refractivity contribution in [2.45, 2.75) is 51.2 Å². The highest BCUT2D eigenvalue weighted by Gasteiger charge is 2.43. The van der Waals surface area contributed by atoms with Gasteiger partial charge in [-0.25, -0.2) is 9.97 Å². The fourth-order valence-corrected chi connectivity index (χ4v) is 4.41. The van der Waals surface area contributed by atoms with Crippen molar-refractivity contribution in [2.24, 2.45) is 0 Å². The van der Waals surface area contributed by atoms with Crippen molar-refractivity contribution in [1.82, 2.24) is 19.8 Å². The minimum Gasteiger partial charge on any atom is -0.371 e. The third-order valence-corrected chi connectivity index (χ3v) is 6.55. The highest BCUT2D eigenvalue weighted by Crippen LogP contribution is 2.38. The molecule has 1 aliphatic carbocycles. The molecule has 3 heterocycles. The van der Waals surface area contributed by atoms with Crippen molar-refractivity contribution in [3.8, 4) is 0 Å². The Hall–Kier alpha value is -1.73. The number of nitrogens with zero attached hydrogens (tertiary/aromatic N) is 5. The van der Waals surface area contributed by atoms with Gasteiger partial charge in [0.1, 0.15) is 5.82 Å². The van der Waals surface area contributed by atoms with Gasteiger partial charge in [-0.15, -0.1) is 0 Å². The molecule has 2 aliphatic heterocycles. The third kappa shape index (κ3) is 3.43. The lowest BCUT2D eigenvalue weighted by Crippen LogP contribution is -2.57. The largest absolute Gasteiger partial charge is 0.371 e. The van der Waals surface area contributed by atoms with Gasteiger partial charge in [-0.05, 0) is 53.6 Å². The third-order valence-electron chi connectivity index (χ3n) is 6.55. The molecule has 2 saturated heterocycles. The Morgan fingerprint density at radius 3 is 2.63 bits per heavy atom. The molecule has 4 rings (SSSR count). The zero-order valence-corrected chi connectivity index (χ0v) is 17.0. The van der Waals surface area contributed by atoms with Crippen LogP contribution >= 0.6 is 0 Å². The summed E-state index contributed by atoms with van der Waals surface area (Å²) in [6, 6.07) is 0.525. The fourth-order valence-electron chi connectivity index (χ4n) is 4.41. The van der Waals surface area contributed by atoms with Crippen LogP contribution in [0, 0.1) is 13.8 Å². The standard InChI is InChI=1S/C20H31N5O2/c1-14-15(2)21-17(22-18(14)24-9-6-16(12-24)23(3)4)19(26)25-10-11-27-20(13-25)7-5-8-20/h16H,5-13H2,1-4H3/t16-/m1/s1. The van der Waals surface area contributed by atoms with Crippen LogP contribution in [0.5, 0.6) is 0 Å². The summed E-state index contributed by atoms with van der Waals surface area (Å²) >= 11 is 0. The molecule has 1 amide bonds. The first kappa shape index (κ1) is 18.6. The van der Waals surface area contributed by atoms with E-state index in [0.717, 1.165) is 49.4 Å². The summed E-state index contributed by atoms with van der Waals surface area (Å²) in [5.74, 6) is 1.19. The van der Waals surface area contributed by atoms with Crippen LogP contribution in [0.2, 0.25) is 0 Å². The van der Waals surface area contributed by atoms with Gasteiger partial charge in [-0.1, -0.05) is 0 Å². The molecule has 148 valence electrons. The molecule has 1 spiro atoms. The van der Waals surface area contributed by atoms with Crippen LogP contribution in [0.3, 0.4) is 0 Å². The Bertz CT molecular complexity index is 731. The number of hydrogen-bond donors (Lipinski definition) is 0. The molecule has 1 aromatic heterocycles.